The number of benzene rings is 7. The molecule has 3 aromatic heterocycles. The zero-order chi connectivity index (χ0) is 31.6. The molecule has 0 N–H and O–H groups in total. The lowest BCUT2D eigenvalue weighted by atomic mass is 10.00. The third-order valence-corrected chi connectivity index (χ3v) is 9.43. The zero-order valence-electron chi connectivity index (χ0n) is 25.8. The number of hydrogen-bond acceptors (Lipinski definition) is 3. The van der Waals surface area contributed by atoms with E-state index in [2.05, 4.69) is 131 Å². The van der Waals surface area contributed by atoms with E-state index in [0.29, 0.717) is 0 Å². The molecule has 0 saturated carbocycles. The van der Waals surface area contributed by atoms with Crippen LogP contribution in [0.3, 0.4) is 0 Å². The molecule has 3 heterocycles. The molecule has 10 rings (SSSR count). The fraction of sp³-hybridized carbons (Fsp3) is 0. The van der Waals surface area contributed by atoms with Crippen molar-refractivity contribution in [2.75, 3.05) is 0 Å². The van der Waals surface area contributed by atoms with Crippen LogP contribution in [0.25, 0.3) is 94.0 Å². The lowest BCUT2D eigenvalue weighted by Gasteiger charge is -2.11. The molecule has 7 aromatic carbocycles. The van der Waals surface area contributed by atoms with Crippen molar-refractivity contribution in [3.63, 3.8) is 0 Å². The maximum atomic E-state index is 6.22. The van der Waals surface area contributed by atoms with E-state index in [-0.39, 0.29) is 0 Å². The van der Waals surface area contributed by atoms with Crippen LogP contribution < -0.4 is 0 Å². The highest BCUT2D eigenvalue weighted by atomic mass is 16.3. The van der Waals surface area contributed by atoms with Gasteiger partial charge in [0.1, 0.15) is 11.2 Å². The SMILES string of the molecule is c1cc(-c2ccc3c(c2)c2ccccc2n3-c2cccc(-c3ccc4c(c3)oc3ccccc34)c2)cc(-c2cnc3ccccc3n2)c1. The zero-order valence-corrected chi connectivity index (χ0v) is 25.8. The van der Waals surface area contributed by atoms with Crippen LogP contribution in [0.15, 0.2) is 168 Å². The predicted molar refractivity (Wildman–Crippen MR) is 197 cm³/mol. The van der Waals surface area contributed by atoms with Crippen molar-refractivity contribution in [1.82, 2.24) is 14.5 Å². The van der Waals surface area contributed by atoms with Crippen LogP contribution in [0, 0.1) is 0 Å². The van der Waals surface area contributed by atoms with Crippen LogP contribution in [-0.4, -0.2) is 14.5 Å². The van der Waals surface area contributed by atoms with Crippen molar-refractivity contribution in [3.05, 3.63) is 164 Å². The summed E-state index contributed by atoms with van der Waals surface area (Å²) in [6.07, 6.45) is 1.86. The minimum absolute atomic E-state index is 0.868. The van der Waals surface area contributed by atoms with Gasteiger partial charge in [-0.15, -0.1) is 0 Å². The molecule has 0 atom stereocenters. The number of para-hydroxylation sites is 4. The van der Waals surface area contributed by atoms with E-state index in [0.717, 1.165) is 72.2 Å². The molecular weight excluding hydrogens is 587 g/mol. The Kier molecular flexibility index (Phi) is 5.84. The van der Waals surface area contributed by atoms with Crippen LogP contribution in [-0.2, 0) is 0 Å². The summed E-state index contributed by atoms with van der Waals surface area (Å²) in [5, 5.41) is 4.72. The molecular formula is C44H27N3O. The molecule has 4 heteroatoms. The summed E-state index contributed by atoms with van der Waals surface area (Å²) in [4.78, 5) is 9.53. The molecule has 0 fully saturated rings. The Morgan fingerprint density at radius 1 is 0.417 bits per heavy atom. The van der Waals surface area contributed by atoms with Gasteiger partial charge in [0, 0.05) is 32.8 Å². The Morgan fingerprint density at radius 2 is 1.08 bits per heavy atom. The van der Waals surface area contributed by atoms with Gasteiger partial charge in [-0.25, -0.2) is 4.98 Å². The van der Waals surface area contributed by atoms with Crippen molar-refractivity contribution in [3.8, 4) is 39.2 Å². The standard InChI is InChI=1S/C44H27N3O/c1-5-17-41-34(13-1)37-25-30(28-9-7-11-32(23-28)40-27-45-38-15-3-4-16-39(38)46-40)20-22-42(37)47(41)33-12-8-10-29(24-33)31-19-21-36-35-14-2-6-18-43(35)48-44(36)26-31/h1-27H. The summed E-state index contributed by atoms with van der Waals surface area (Å²) in [5.74, 6) is 0. The van der Waals surface area contributed by atoms with Crippen LogP contribution in [0.5, 0.6) is 0 Å². The fourth-order valence-electron chi connectivity index (χ4n) is 7.12. The number of fused-ring (bicyclic) bond motifs is 7. The Bertz CT molecular complexity index is 2860. The van der Waals surface area contributed by atoms with Crippen molar-refractivity contribution >= 4 is 54.8 Å². The molecule has 0 bridgehead atoms. The normalized spacial score (nSPS) is 11.8. The topological polar surface area (TPSA) is 43.9 Å². The molecule has 0 unspecified atom stereocenters. The largest absolute Gasteiger partial charge is 0.456 e. The molecule has 0 aliphatic rings. The molecule has 0 aliphatic carbocycles. The van der Waals surface area contributed by atoms with E-state index < -0.39 is 0 Å². The first kappa shape index (κ1) is 26.7. The van der Waals surface area contributed by atoms with Crippen LogP contribution in [0.4, 0.5) is 0 Å². The van der Waals surface area contributed by atoms with Gasteiger partial charge in [-0.05, 0) is 89.0 Å². The minimum atomic E-state index is 0.868. The summed E-state index contributed by atoms with van der Waals surface area (Å²) in [6.45, 7) is 0. The predicted octanol–water partition coefficient (Wildman–Crippen LogP) is 11.6. The first-order chi connectivity index (χ1) is 23.8. The molecule has 0 amide bonds. The highest BCUT2D eigenvalue weighted by Crippen LogP contribution is 2.37. The molecule has 0 spiro atoms. The highest BCUT2D eigenvalue weighted by molar-refractivity contribution is 6.11. The van der Waals surface area contributed by atoms with E-state index in [1.165, 1.54) is 21.8 Å². The summed E-state index contributed by atoms with van der Waals surface area (Å²) < 4.78 is 8.59. The Hall–Kier alpha value is -6.52. The first-order valence-corrected chi connectivity index (χ1v) is 16.1. The van der Waals surface area contributed by atoms with Crippen molar-refractivity contribution in [2.45, 2.75) is 0 Å². The van der Waals surface area contributed by atoms with E-state index >= 15 is 0 Å². The Morgan fingerprint density at radius 3 is 2.02 bits per heavy atom. The molecule has 48 heavy (non-hydrogen) atoms. The van der Waals surface area contributed by atoms with Crippen LogP contribution in [0.1, 0.15) is 0 Å². The number of aromatic nitrogens is 3. The van der Waals surface area contributed by atoms with Crippen molar-refractivity contribution in [1.29, 1.82) is 0 Å². The number of furan rings is 1. The second kappa shape index (κ2) is 10.5. The van der Waals surface area contributed by atoms with Crippen LogP contribution >= 0.6 is 0 Å². The molecule has 4 nitrogen and oxygen atoms in total. The first-order valence-electron chi connectivity index (χ1n) is 16.1. The molecule has 0 aliphatic heterocycles. The van der Waals surface area contributed by atoms with E-state index in [4.69, 9.17) is 9.40 Å². The molecule has 10 aromatic rings. The van der Waals surface area contributed by atoms with Gasteiger partial charge >= 0.3 is 0 Å². The fourth-order valence-corrected chi connectivity index (χ4v) is 7.12. The van der Waals surface area contributed by atoms with Gasteiger partial charge in [-0.1, -0.05) is 91.0 Å². The monoisotopic (exact) mass is 613 g/mol. The maximum absolute atomic E-state index is 6.22. The Balaban J connectivity index is 1.08. The van der Waals surface area contributed by atoms with Crippen LogP contribution in [0.2, 0.25) is 0 Å². The second-order valence-electron chi connectivity index (χ2n) is 12.3. The third kappa shape index (κ3) is 4.24. The lowest BCUT2D eigenvalue weighted by Crippen LogP contribution is -1.94. The van der Waals surface area contributed by atoms with E-state index in [1.54, 1.807) is 0 Å². The average molecular weight is 614 g/mol. The highest BCUT2D eigenvalue weighted by Gasteiger charge is 2.15. The van der Waals surface area contributed by atoms with E-state index in [1.807, 2.05) is 42.6 Å². The smallest absolute Gasteiger partial charge is 0.136 e. The summed E-state index contributed by atoms with van der Waals surface area (Å²) in [5.41, 5.74) is 13.6. The summed E-state index contributed by atoms with van der Waals surface area (Å²) in [6, 6.07) is 55.6. The van der Waals surface area contributed by atoms with Gasteiger partial charge < -0.3 is 8.98 Å². The van der Waals surface area contributed by atoms with Gasteiger partial charge in [0.25, 0.3) is 0 Å². The van der Waals surface area contributed by atoms with Gasteiger partial charge in [-0.2, -0.15) is 0 Å². The number of rotatable bonds is 4. The summed E-state index contributed by atoms with van der Waals surface area (Å²) in [7, 11) is 0. The lowest BCUT2D eigenvalue weighted by molar-refractivity contribution is 0.669. The quantitative estimate of drug-likeness (QED) is 0.198. The molecule has 0 radical (unpaired) electrons. The average Bonchev–Trinajstić information content (AvgIpc) is 3.70. The van der Waals surface area contributed by atoms with Gasteiger partial charge in [0.15, 0.2) is 0 Å². The molecule has 224 valence electrons. The van der Waals surface area contributed by atoms with Gasteiger partial charge in [0.2, 0.25) is 0 Å². The maximum Gasteiger partial charge on any atom is 0.136 e. The minimum Gasteiger partial charge on any atom is -0.456 e. The number of hydrogen-bond donors (Lipinski definition) is 0. The van der Waals surface area contributed by atoms with E-state index in [9.17, 15) is 0 Å². The van der Waals surface area contributed by atoms with Gasteiger partial charge in [0.05, 0.1) is 34.0 Å². The molecule has 0 saturated heterocycles. The second-order valence-corrected chi connectivity index (χ2v) is 12.3. The third-order valence-electron chi connectivity index (χ3n) is 9.43. The number of nitrogens with zero attached hydrogens (tertiary/aromatic N) is 3. The van der Waals surface area contributed by atoms with Crippen molar-refractivity contribution in [2.24, 2.45) is 0 Å². The Labute approximate surface area is 276 Å². The summed E-state index contributed by atoms with van der Waals surface area (Å²) >= 11 is 0. The van der Waals surface area contributed by atoms with Gasteiger partial charge in [-0.3, -0.25) is 4.98 Å². The van der Waals surface area contributed by atoms with Crippen molar-refractivity contribution < 1.29 is 4.42 Å².